The minimum Gasteiger partial charge on any atom is -0.318 e. The Kier molecular flexibility index (Phi) is 4.13. The van der Waals surface area contributed by atoms with E-state index in [0.29, 0.717) is 5.92 Å². The van der Waals surface area contributed by atoms with Crippen LogP contribution in [0.1, 0.15) is 50.7 Å². The van der Waals surface area contributed by atoms with Crippen molar-refractivity contribution in [3.63, 3.8) is 0 Å². The summed E-state index contributed by atoms with van der Waals surface area (Å²) in [6.07, 6.45) is 5.13. The summed E-state index contributed by atoms with van der Waals surface area (Å²) in [6.45, 7) is 6.42. The molecule has 1 unspecified atom stereocenters. The van der Waals surface area contributed by atoms with Crippen molar-refractivity contribution in [1.29, 1.82) is 0 Å². The van der Waals surface area contributed by atoms with Crippen molar-refractivity contribution in [3.05, 3.63) is 33.7 Å². The van der Waals surface area contributed by atoms with Gasteiger partial charge >= 0.3 is 0 Å². The molecule has 0 N–H and O–H groups in total. The van der Waals surface area contributed by atoms with Crippen LogP contribution in [0.25, 0.3) is 0 Å². The van der Waals surface area contributed by atoms with Crippen molar-refractivity contribution in [2.75, 3.05) is 0 Å². The monoisotopic (exact) mass is 207 g/mol. The van der Waals surface area contributed by atoms with Crippen molar-refractivity contribution < 1.29 is 0 Å². The predicted molar refractivity (Wildman–Crippen MR) is 64.4 cm³/mol. The first-order valence-electron chi connectivity index (χ1n) is 5.79. The molecular weight excluding hydrogens is 186 g/mol. The SMILES string of the molecule is CCCC(C)c1cc(CC)cn(C)c1=O. The fourth-order valence-corrected chi connectivity index (χ4v) is 1.94. The third kappa shape index (κ3) is 2.71. The van der Waals surface area contributed by atoms with Gasteiger partial charge < -0.3 is 4.57 Å². The van der Waals surface area contributed by atoms with E-state index in [0.717, 1.165) is 24.8 Å². The van der Waals surface area contributed by atoms with Gasteiger partial charge in [0.25, 0.3) is 5.56 Å². The van der Waals surface area contributed by atoms with Gasteiger partial charge in [0.1, 0.15) is 0 Å². The van der Waals surface area contributed by atoms with Crippen molar-refractivity contribution >= 4 is 0 Å². The van der Waals surface area contributed by atoms with Gasteiger partial charge in [0, 0.05) is 18.8 Å². The summed E-state index contributed by atoms with van der Waals surface area (Å²) < 4.78 is 1.71. The number of aryl methyl sites for hydroxylation is 2. The number of rotatable bonds is 4. The molecule has 0 saturated heterocycles. The minimum absolute atomic E-state index is 0.160. The predicted octanol–water partition coefficient (Wildman–Crippen LogP) is 2.85. The second-order valence-electron chi connectivity index (χ2n) is 4.26. The van der Waals surface area contributed by atoms with E-state index >= 15 is 0 Å². The molecule has 1 aromatic heterocycles. The summed E-state index contributed by atoms with van der Waals surface area (Å²) in [4.78, 5) is 11.9. The molecular formula is C13H21NO. The number of aromatic nitrogens is 1. The molecule has 0 spiro atoms. The van der Waals surface area contributed by atoms with Crippen LogP contribution in [0.2, 0.25) is 0 Å². The lowest BCUT2D eigenvalue weighted by atomic mass is 9.96. The maximum atomic E-state index is 11.9. The summed E-state index contributed by atoms with van der Waals surface area (Å²) in [5, 5.41) is 0. The number of nitrogens with zero attached hydrogens (tertiary/aromatic N) is 1. The second-order valence-corrected chi connectivity index (χ2v) is 4.26. The molecule has 0 aromatic carbocycles. The molecule has 0 amide bonds. The highest BCUT2D eigenvalue weighted by molar-refractivity contribution is 5.22. The molecule has 84 valence electrons. The molecule has 1 heterocycles. The van der Waals surface area contributed by atoms with Gasteiger partial charge in [-0.15, -0.1) is 0 Å². The highest BCUT2D eigenvalue weighted by Gasteiger charge is 2.10. The van der Waals surface area contributed by atoms with Crippen molar-refractivity contribution in [2.24, 2.45) is 7.05 Å². The Morgan fingerprint density at radius 2 is 2.07 bits per heavy atom. The maximum Gasteiger partial charge on any atom is 0.253 e. The van der Waals surface area contributed by atoms with E-state index in [4.69, 9.17) is 0 Å². The van der Waals surface area contributed by atoms with Crippen LogP contribution in [0.3, 0.4) is 0 Å². The first-order valence-corrected chi connectivity index (χ1v) is 5.79. The van der Waals surface area contributed by atoms with E-state index in [2.05, 4.69) is 26.8 Å². The van der Waals surface area contributed by atoms with Gasteiger partial charge in [-0.3, -0.25) is 4.79 Å². The Morgan fingerprint density at radius 3 is 2.60 bits per heavy atom. The Hall–Kier alpha value is -1.05. The molecule has 0 aliphatic heterocycles. The van der Waals surface area contributed by atoms with Gasteiger partial charge in [-0.1, -0.05) is 27.2 Å². The average Bonchev–Trinajstić information content (AvgIpc) is 2.22. The second kappa shape index (κ2) is 5.15. The van der Waals surface area contributed by atoms with Crippen molar-refractivity contribution in [2.45, 2.75) is 46.0 Å². The molecule has 1 atom stereocenters. The molecule has 0 fully saturated rings. The highest BCUT2D eigenvalue weighted by Crippen LogP contribution is 2.18. The Balaban J connectivity index is 3.15. The lowest BCUT2D eigenvalue weighted by molar-refractivity contribution is 0.645. The molecule has 0 radical (unpaired) electrons. The molecule has 15 heavy (non-hydrogen) atoms. The van der Waals surface area contributed by atoms with Crippen LogP contribution in [-0.4, -0.2) is 4.57 Å². The Morgan fingerprint density at radius 1 is 1.40 bits per heavy atom. The number of pyridine rings is 1. The highest BCUT2D eigenvalue weighted by atomic mass is 16.1. The minimum atomic E-state index is 0.160. The molecule has 0 aliphatic rings. The molecule has 0 saturated carbocycles. The fourth-order valence-electron chi connectivity index (χ4n) is 1.94. The normalized spacial score (nSPS) is 12.8. The largest absolute Gasteiger partial charge is 0.318 e. The standard InChI is InChI=1S/C13H21NO/c1-5-7-10(3)12-8-11(6-2)9-14(4)13(12)15/h8-10H,5-7H2,1-4H3. The summed E-state index contributed by atoms with van der Waals surface area (Å²) in [7, 11) is 1.84. The zero-order chi connectivity index (χ0) is 11.4. The first kappa shape index (κ1) is 12.0. The van der Waals surface area contributed by atoms with E-state index in [1.54, 1.807) is 4.57 Å². The van der Waals surface area contributed by atoms with Crippen LogP contribution in [0.4, 0.5) is 0 Å². The van der Waals surface area contributed by atoms with Gasteiger partial charge in [0.2, 0.25) is 0 Å². The van der Waals surface area contributed by atoms with Crippen LogP contribution in [-0.2, 0) is 13.5 Å². The molecule has 2 nitrogen and oxygen atoms in total. The van der Waals surface area contributed by atoms with Gasteiger partial charge in [0.05, 0.1) is 0 Å². The van der Waals surface area contributed by atoms with Crippen LogP contribution in [0, 0.1) is 0 Å². The van der Waals surface area contributed by atoms with E-state index in [-0.39, 0.29) is 5.56 Å². The first-order chi connectivity index (χ1) is 7.10. The molecule has 1 rings (SSSR count). The van der Waals surface area contributed by atoms with Gasteiger partial charge in [-0.25, -0.2) is 0 Å². The van der Waals surface area contributed by atoms with E-state index < -0.39 is 0 Å². The van der Waals surface area contributed by atoms with Gasteiger partial charge in [-0.2, -0.15) is 0 Å². The maximum absolute atomic E-state index is 11.9. The van der Waals surface area contributed by atoms with E-state index in [9.17, 15) is 4.79 Å². The fraction of sp³-hybridized carbons (Fsp3) is 0.615. The van der Waals surface area contributed by atoms with Crippen molar-refractivity contribution in [1.82, 2.24) is 4.57 Å². The van der Waals surface area contributed by atoms with Crippen LogP contribution >= 0.6 is 0 Å². The van der Waals surface area contributed by atoms with Gasteiger partial charge in [0.15, 0.2) is 0 Å². The summed E-state index contributed by atoms with van der Waals surface area (Å²) >= 11 is 0. The van der Waals surface area contributed by atoms with Crippen LogP contribution in [0.15, 0.2) is 17.1 Å². The average molecular weight is 207 g/mol. The van der Waals surface area contributed by atoms with Crippen molar-refractivity contribution in [3.8, 4) is 0 Å². The van der Waals surface area contributed by atoms with Gasteiger partial charge in [-0.05, 0) is 30.4 Å². The van der Waals surface area contributed by atoms with Crippen LogP contribution < -0.4 is 5.56 Å². The quantitative estimate of drug-likeness (QED) is 0.744. The molecule has 1 aromatic rings. The zero-order valence-electron chi connectivity index (χ0n) is 10.2. The number of hydrogen-bond donors (Lipinski definition) is 0. The summed E-state index contributed by atoms with van der Waals surface area (Å²) in [5.74, 6) is 0.375. The lowest BCUT2D eigenvalue weighted by Crippen LogP contribution is -2.22. The zero-order valence-corrected chi connectivity index (χ0v) is 10.2. The smallest absolute Gasteiger partial charge is 0.253 e. The molecule has 0 aliphatic carbocycles. The third-order valence-electron chi connectivity index (χ3n) is 2.93. The summed E-state index contributed by atoms with van der Waals surface area (Å²) in [5.41, 5.74) is 2.38. The molecule has 2 heteroatoms. The number of hydrogen-bond acceptors (Lipinski definition) is 1. The topological polar surface area (TPSA) is 22.0 Å². The Labute approximate surface area is 91.9 Å². The lowest BCUT2D eigenvalue weighted by Gasteiger charge is -2.12. The summed E-state index contributed by atoms with van der Waals surface area (Å²) in [6, 6.07) is 2.07. The van der Waals surface area contributed by atoms with E-state index in [1.807, 2.05) is 13.2 Å². The Bertz CT molecular complexity index is 379. The van der Waals surface area contributed by atoms with E-state index in [1.165, 1.54) is 5.56 Å². The van der Waals surface area contributed by atoms with Crippen LogP contribution in [0.5, 0.6) is 0 Å². The third-order valence-corrected chi connectivity index (χ3v) is 2.93. The molecule has 0 bridgehead atoms.